The van der Waals surface area contributed by atoms with Gasteiger partial charge in [0.1, 0.15) is 0 Å². The van der Waals surface area contributed by atoms with Gasteiger partial charge in [-0.15, -0.1) is 11.3 Å². The van der Waals surface area contributed by atoms with Crippen LogP contribution in [0.15, 0.2) is 23.7 Å². The molecule has 0 spiro atoms. The molecule has 0 aliphatic heterocycles. The number of thiazole rings is 1. The molecule has 0 amide bonds. The van der Waals surface area contributed by atoms with E-state index in [0.29, 0.717) is 0 Å². The van der Waals surface area contributed by atoms with Crippen LogP contribution in [0, 0.1) is 13.8 Å². The van der Waals surface area contributed by atoms with E-state index < -0.39 is 0 Å². The molecule has 2 rings (SSSR count). The standard InChI is InChI=1S/C15H21N3S/c1-11-7-14(6-5-13(11)8-16-3)18(4)9-15-12(2)17-10-19-15/h5-7,10,16H,8-9H2,1-4H3. The van der Waals surface area contributed by atoms with E-state index in [1.807, 2.05) is 12.6 Å². The van der Waals surface area contributed by atoms with E-state index in [1.165, 1.54) is 21.7 Å². The zero-order chi connectivity index (χ0) is 13.8. The van der Waals surface area contributed by atoms with E-state index in [4.69, 9.17) is 0 Å². The molecule has 0 radical (unpaired) electrons. The maximum absolute atomic E-state index is 4.30. The third-order valence-corrected chi connectivity index (χ3v) is 4.28. The molecule has 1 aromatic heterocycles. The Hall–Kier alpha value is -1.39. The molecule has 0 fully saturated rings. The van der Waals surface area contributed by atoms with Crippen molar-refractivity contribution in [1.29, 1.82) is 0 Å². The lowest BCUT2D eigenvalue weighted by molar-refractivity contribution is 0.811. The number of nitrogens with zero attached hydrogens (tertiary/aromatic N) is 2. The van der Waals surface area contributed by atoms with Gasteiger partial charge in [0, 0.05) is 24.2 Å². The molecular weight excluding hydrogens is 254 g/mol. The van der Waals surface area contributed by atoms with Gasteiger partial charge in [-0.25, -0.2) is 4.98 Å². The second-order valence-electron chi connectivity index (χ2n) is 4.86. The quantitative estimate of drug-likeness (QED) is 0.909. The zero-order valence-corrected chi connectivity index (χ0v) is 12.8. The van der Waals surface area contributed by atoms with Crippen LogP contribution in [0.5, 0.6) is 0 Å². The number of benzene rings is 1. The molecule has 1 aromatic carbocycles. The van der Waals surface area contributed by atoms with Gasteiger partial charge < -0.3 is 10.2 Å². The number of aryl methyl sites for hydroxylation is 2. The second kappa shape index (κ2) is 6.17. The highest BCUT2D eigenvalue weighted by Gasteiger charge is 2.08. The molecule has 1 N–H and O–H groups in total. The van der Waals surface area contributed by atoms with E-state index in [1.54, 1.807) is 11.3 Å². The molecule has 19 heavy (non-hydrogen) atoms. The van der Waals surface area contributed by atoms with Crippen LogP contribution in [0.1, 0.15) is 21.7 Å². The van der Waals surface area contributed by atoms with Crippen molar-refractivity contribution < 1.29 is 0 Å². The molecule has 4 heteroatoms. The number of aromatic nitrogens is 1. The fourth-order valence-corrected chi connectivity index (χ4v) is 2.92. The topological polar surface area (TPSA) is 28.2 Å². The highest BCUT2D eigenvalue weighted by atomic mass is 32.1. The molecule has 0 aliphatic carbocycles. The first-order valence-corrected chi connectivity index (χ1v) is 7.34. The Morgan fingerprint density at radius 3 is 2.68 bits per heavy atom. The molecule has 0 saturated heterocycles. The number of hydrogen-bond donors (Lipinski definition) is 1. The molecule has 3 nitrogen and oxygen atoms in total. The first-order valence-electron chi connectivity index (χ1n) is 6.46. The third kappa shape index (κ3) is 3.33. The van der Waals surface area contributed by atoms with Gasteiger partial charge in [0.2, 0.25) is 0 Å². The molecule has 0 unspecified atom stereocenters. The van der Waals surface area contributed by atoms with E-state index in [9.17, 15) is 0 Å². The summed E-state index contributed by atoms with van der Waals surface area (Å²) in [6, 6.07) is 6.65. The molecule has 0 atom stereocenters. The van der Waals surface area contributed by atoms with Gasteiger partial charge in [-0.1, -0.05) is 6.07 Å². The van der Waals surface area contributed by atoms with Crippen LogP contribution in [0.4, 0.5) is 5.69 Å². The normalized spacial score (nSPS) is 10.7. The van der Waals surface area contributed by atoms with Crippen molar-refractivity contribution >= 4 is 17.0 Å². The Kier molecular flexibility index (Phi) is 4.56. The van der Waals surface area contributed by atoms with Gasteiger partial charge >= 0.3 is 0 Å². The van der Waals surface area contributed by atoms with Crippen molar-refractivity contribution in [3.05, 3.63) is 45.4 Å². The van der Waals surface area contributed by atoms with E-state index in [0.717, 1.165) is 18.8 Å². The summed E-state index contributed by atoms with van der Waals surface area (Å²) in [6.07, 6.45) is 0. The van der Waals surface area contributed by atoms with Crippen LogP contribution in [0.3, 0.4) is 0 Å². The summed E-state index contributed by atoms with van der Waals surface area (Å²) in [7, 11) is 4.11. The third-order valence-electron chi connectivity index (χ3n) is 3.36. The fourth-order valence-electron chi connectivity index (χ4n) is 2.09. The van der Waals surface area contributed by atoms with Crippen LogP contribution in [0.25, 0.3) is 0 Å². The Balaban J connectivity index is 2.13. The second-order valence-corrected chi connectivity index (χ2v) is 5.80. The van der Waals surface area contributed by atoms with Crippen LogP contribution in [0.2, 0.25) is 0 Å². The van der Waals surface area contributed by atoms with Crippen molar-refractivity contribution in [1.82, 2.24) is 10.3 Å². The number of hydrogen-bond acceptors (Lipinski definition) is 4. The maximum atomic E-state index is 4.30. The molecular formula is C15H21N3S. The molecule has 0 saturated carbocycles. The van der Waals surface area contributed by atoms with Gasteiger partial charge in [-0.05, 0) is 44.2 Å². The summed E-state index contributed by atoms with van der Waals surface area (Å²) in [5, 5.41) is 3.20. The largest absolute Gasteiger partial charge is 0.369 e. The van der Waals surface area contributed by atoms with E-state index in [2.05, 4.69) is 54.3 Å². The Morgan fingerprint density at radius 1 is 1.32 bits per heavy atom. The molecule has 0 aliphatic rings. The van der Waals surface area contributed by atoms with Crippen molar-refractivity contribution in [3.63, 3.8) is 0 Å². The predicted molar refractivity (Wildman–Crippen MR) is 82.9 cm³/mol. The summed E-state index contributed by atoms with van der Waals surface area (Å²) in [6.45, 7) is 6.08. The van der Waals surface area contributed by atoms with Crippen LogP contribution in [-0.4, -0.2) is 19.1 Å². The minimum Gasteiger partial charge on any atom is -0.369 e. The highest BCUT2D eigenvalue weighted by Crippen LogP contribution is 2.22. The highest BCUT2D eigenvalue weighted by molar-refractivity contribution is 7.09. The molecule has 1 heterocycles. The van der Waals surface area contributed by atoms with Crippen molar-refractivity contribution in [2.75, 3.05) is 19.0 Å². The summed E-state index contributed by atoms with van der Waals surface area (Å²) in [4.78, 5) is 7.91. The summed E-state index contributed by atoms with van der Waals surface area (Å²) >= 11 is 1.73. The van der Waals surface area contributed by atoms with Crippen LogP contribution >= 0.6 is 11.3 Å². The van der Waals surface area contributed by atoms with Crippen LogP contribution < -0.4 is 10.2 Å². The van der Waals surface area contributed by atoms with Gasteiger partial charge in [-0.3, -0.25) is 0 Å². The van der Waals surface area contributed by atoms with Gasteiger partial charge in [0.05, 0.1) is 17.7 Å². The Morgan fingerprint density at radius 2 is 2.11 bits per heavy atom. The minimum atomic E-state index is 0.918. The number of rotatable bonds is 5. The lowest BCUT2D eigenvalue weighted by Gasteiger charge is -2.20. The fraction of sp³-hybridized carbons (Fsp3) is 0.400. The number of anilines is 1. The number of nitrogens with one attached hydrogen (secondary N) is 1. The lowest BCUT2D eigenvalue weighted by Crippen LogP contribution is -2.16. The summed E-state index contributed by atoms with van der Waals surface area (Å²) < 4.78 is 0. The predicted octanol–water partition coefficient (Wildman–Crippen LogP) is 3.12. The van der Waals surface area contributed by atoms with Crippen molar-refractivity contribution in [2.24, 2.45) is 0 Å². The van der Waals surface area contributed by atoms with Crippen molar-refractivity contribution in [3.8, 4) is 0 Å². The molecule has 0 bridgehead atoms. The molecule has 2 aromatic rings. The first kappa shape index (κ1) is 14.0. The van der Waals surface area contributed by atoms with Crippen LogP contribution in [-0.2, 0) is 13.1 Å². The zero-order valence-electron chi connectivity index (χ0n) is 12.0. The average molecular weight is 275 g/mol. The molecule has 102 valence electrons. The first-order chi connectivity index (χ1) is 9.11. The summed E-state index contributed by atoms with van der Waals surface area (Å²) in [5.74, 6) is 0. The Bertz CT molecular complexity index is 548. The average Bonchev–Trinajstić information content (AvgIpc) is 2.78. The van der Waals surface area contributed by atoms with E-state index in [-0.39, 0.29) is 0 Å². The Labute approximate surface area is 119 Å². The smallest absolute Gasteiger partial charge is 0.0798 e. The lowest BCUT2D eigenvalue weighted by atomic mass is 10.1. The monoisotopic (exact) mass is 275 g/mol. The summed E-state index contributed by atoms with van der Waals surface area (Å²) in [5.41, 5.74) is 7.00. The SMILES string of the molecule is CNCc1ccc(N(C)Cc2scnc2C)cc1C. The minimum absolute atomic E-state index is 0.918. The maximum Gasteiger partial charge on any atom is 0.0798 e. The van der Waals surface area contributed by atoms with Gasteiger partial charge in [-0.2, -0.15) is 0 Å². The van der Waals surface area contributed by atoms with E-state index >= 15 is 0 Å². The van der Waals surface area contributed by atoms with Gasteiger partial charge in [0.25, 0.3) is 0 Å². The van der Waals surface area contributed by atoms with Gasteiger partial charge in [0.15, 0.2) is 0 Å². The van der Waals surface area contributed by atoms with Crippen molar-refractivity contribution in [2.45, 2.75) is 26.9 Å².